The first-order valence-corrected chi connectivity index (χ1v) is 10.8. The van der Waals surface area contributed by atoms with Crippen LogP contribution in [0, 0.1) is 0 Å². The second kappa shape index (κ2) is 11.8. The molecule has 1 aliphatic rings. The number of ether oxygens (including phenoxy) is 4. The van der Waals surface area contributed by atoms with E-state index in [4.69, 9.17) is 59.3 Å². The second-order valence-corrected chi connectivity index (χ2v) is 9.15. The average molecular weight is 493 g/mol. The molecule has 1 aromatic carbocycles. The third kappa shape index (κ3) is 7.17. The van der Waals surface area contributed by atoms with Crippen molar-refractivity contribution in [2.24, 2.45) is 5.11 Å². The zero-order valence-electron chi connectivity index (χ0n) is 17.1. The summed E-state index contributed by atoms with van der Waals surface area (Å²) >= 11 is 17.6. The van der Waals surface area contributed by atoms with Crippen molar-refractivity contribution in [3.63, 3.8) is 0 Å². The molecule has 0 aliphatic carbocycles. The maximum absolute atomic E-state index is 12.8. The zero-order valence-corrected chi connectivity index (χ0v) is 19.4. The molecule has 1 aromatic rings. The van der Waals surface area contributed by atoms with Gasteiger partial charge < -0.3 is 18.9 Å². The summed E-state index contributed by atoms with van der Waals surface area (Å²) in [5.41, 5.74) is 9.34. The Labute approximate surface area is 196 Å². The molecule has 2 rings (SSSR count). The van der Waals surface area contributed by atoms with Gasteiger partial charge in [-0.2, -0.15) is 0 Å². The van der Waals surface area contributed by atoms with Crippen molar-refractivity contribution >= 4 is 40.8 Å². The summed E-state index contributed by atoms with van der Waals surface area (Å²) < 4.78 is 21.2. The quantitative estimate of drug-likeness (QED) is 0.0834. The molecule has 5 atom stereocenters. The van der Waals surface area contributed by atoms with Crippen LogP contribution >= 0.6 is 34.8 Å². The highest BCUT2D eigenvalue weighted by atomic mass is 35.6. The molecular weight excluding hydrogens is 469 g/mol. The van der Waals surface area contributed by atoms with Crippen molar-refractivity contribution in [3.05, 3.63) is 58.7 Å². The maximum Gasteiger partial charge on any atom is 0.338 e. The number of esters is 1. The van der Waals surface area contributed by atoms with Crippen LogP contribution in [0.4, 0.5) is 0 Å². The Hall–Kier alpha value is -1.67. The minimum Gasteiger partial charge on any atom is -0.461 e. The van der Waals surface area contributed by atoms with Crippen LogP contribution < -0.4 is 0 Å². The summed E-state index contributed by atoms with van der Waals surface area (Å²) in [6, 6.07) is 7.59. The van der Waals surface area contributed by atoms with Gasteiger partial charge in [0.25, 0.3) is 0 Å². The molecule has 0 N–H and O–H groups in total. The monoisotopic (exact) mass is 491 g/mol. The van der Waals surface area contributed by atoms with Crippen molar-refractivity contribution in [3.8, 4) is 0 Å². The van der Waals surface area contributed by atoms with Gasteiger partial charge in [-0.15, -0.1) is 0 Å². The van der Waals surface area contributed by atoms with E-state index in [1.807, 2.05) is 6.92 Å². The Morgan fingerprint density at radius 1 is 1.26 bits per heavy atom. The summed E-state index contributed by atoms with van der Waals surface area (Å²) in [6.45, 7) is 7.65. The van der Waals surface area contributed by atoms with Gasteiger partial charge in [-0.05, 0) is 31.0 Å². The van der Waals surface area contributed by atoms with Gasteiger partial charge >= 0.3 is 5.97 Å². The Morgan fingerprint density at radius 3 is 2.52 bits per heavy atom. The van der Waals surface area contributed by atoms with Gasteiger partial charge in [-0.1, -0.05) is 78.0 Å². The lowest BCUT2D eigenvalue weighted by Crippen LogP contribution is -2.59. The van der Waals surface area contributed by atoms with Crippen molar-refractivity contribution in [2.75, 3.05) is 6.61 Å². The molecule has 0 radical (unpaired) electrons. The highest BCUT2D eigenvalue weighted by molar-refractivity contribution is 6.69. The van der Waals surface area contributed by atoms with Crippen molar-refractivity contribution < 1.29 is 23.7 Å². The molecule has 1 saturated heterocycles. The highest BCUT2D eigenvalue weighted by Gasteiger charge is 2.49. The maximum atomic E-state index is 12.8. The zero-order chi connectivity index (χ0) is 23.0. The molecular formula is C20H24Cl3N3O5. The molecule has 0 amide bonds. The van der Waals surface area contributed by atoms with Crippen LogP contribution in [-0.4, -0.2) is 47.0 Å². The van der Waals surface area contributed by atoms with Gasteiger partial charge in [0.15, 0.2) is 6.10 Å². The SMILES string of the molecule is C=C(O[C@H]1OC(C)[C@@H](N=[N+]=[N-])C(OCCCC)[C@H]1OC(=O)c1ccccc1)C(Cl)(Cl)Cl. The fraction of sp³-hybridized carbons (Fsp3) is 0.550. The molecule has 2 unspecified atom stereocenters. The molecule has 0 saturated carbocycles. The van der Waals surface area contributed by atoms with Crippen LogP contribution in [0.2, 0.25) is 0 Å². The molecule has 170 valence electrons. The molecule has 8 nitrogen and oxygen atoms in total. The summed E-state index contributed by atoms with van der Waals surface area (Å²) in [7, 11) is 0. The topological polar surface area (TPSA) is 103 Å². The molecule has 0 bridgehead atoms. The van der Waals surface area contributed by atoms with Gasteiger partial charge in [0, 0.05) is 11.5 Å². The third-order valence-corrected chi connectivity index (χ3v) is 5.21. The number of unbranched alkanes of at least 4 members (excludes halogenated alkanes) is 1. The molecule has 0 spiro atoms. The van der Waals surface area contributed by atoms with E-state index in [9.17, 15) is 4.79 Å². The number of benzene rings is 1. The lowest BCUT2D eigenvalue weighted by molar-refractivity contribution is -0.263. The first-order chi connectivity index (χ1) is 14.7. The van der Waals surface area contributed by atoms with Gasteiger partial charge in [0.2, 0.25) is 10.1 Å². The fourth-order valence-corrected chi connectivity index (χ4v) is 3.09. The number of hydrogen-bond acceptors (Lipinski definition) is 6. The van der Waals surface area contributed by atoms with E-state index in [1.54, 1.807) is 37.3 Å². The van der Waals surface area contributed by atoms with Gasteiger partial charge in [0.1, 0.15) is 11.9 Å². The first kappa shape index (κ1) is 25.6. The number of hydrogen-bond donors (Lipinski definition) is 0. The number of azide groups is 1. The molecule has 31 heavy (non-hydrogen) atoms. The second-order valence-electron chi connectivity index (χ2n) is 6.87. The van der Waals surface area contributed by atoms with Gasteiger partial charge in [-0.3, -0.25) is 0 Å². The Bertz CT molecular complexity index is 799. The van der Waals surface area contributed by atoms with E-state index in [2.05, 4.69) is 16.6 Å². The van der Waals surface area contributed by atoms with Gasteiger partial charge in [0.05, 0.1) is 17.7 Å². The van der Waals surface area contributed by atoms with Crippen LogP contribution in [0.1, 0.15) is 37.0 Å². The summed E-state index contributed by atoms with van der Waals surface area (Å²) in [5.74, 6) is -0.856. The number of halogens is 3. The molecule has 0 aromatic heterocycles. The van der Waals surface area contributed by atoms with Crippen LogP contribution in [0.5, 0.6) is 0 Å². The first-order valence-electron chi connectivity index (χ1n) is 9.69. The van der Waals surface area contributed by atoms with E-state index in [1.165, 1.54) is 0 Å². The molecule has 1 fully saturated rings. The Balaban J connectivity index is 2.37. The predicted octanol–water partition coefficient (Wildman–Crippen LogP) is 5.72. The standard InChI is InChI=1S/C20H24Cl3N3O5/c1-4-5-11-28-16-15(25-26-24)12(2)29-19(30-13(3)20(21,22)23)17(16)31-18(27)14-9-7-6-8-10-14/h6-10,12,15-17,19H,3-5,11H2,1-2H3/t12?,15-,16?,17-,19-/m1/s1. The largest absolute Gasteiger partial charge is 0.461 e. The van der Waals surface area contributed by atoms with Crippen LogP contribution in [0.15, 0.2) is 47.8 Å². The minimum absolute atomic E-state index is 0.218. The highest BCUT2D eigenvalue weighted by Crippen LogP contribution is 2.38. The lowest BCUT2D eigenvalue weighted by Gasteiger charge is -2.43. The van der Waals surface area contributed by atoms with E-state index in [0.717, 1.165) is 12.8 Å². The van der Waals surface area contributed by atoms with E-state index >= 15 is 0 Å². The predicted molar refractivity (Wildman–Crippen MR) is 118 cm³/mol. The fourth-order valence-electron chi connectivity index (χ4n) is 2.95. The molecule has 1 heterocycles. The summed E-state index contributed by atoms with van der Waals surface area (Å²) in [6.07, 6.45) is -2.19. The molecule has 1 aliphatic heterocycles. The number of nitrogens with zero attached hydrogens (tertiary/aromatic N) is 3. The van der Waals surface area contributed by atoms with Crippen LogP contribution in [0.25, 0.3) is 10.4 Å². The number of carbonyl (C=O) groups excluding carboxylic acids is 1. The number of alkyl halides is 3. The van der Waals surface area contributed by atoms with E-state index in [0.29, 0.717) is 12.2 Å². The number of allylic oxidation sites excluding steroid dienone is 1. The normalized spacial score (nSPS) is 25.9. The lowest BCUT2D eigenvalue weighted by atomic mass is 9.97. The number of carbonyl (C=O) groups is 1. The van der Waals surface area contributed by atoms with E-state index in [-0.39, 0.29) is 5.76 Å². The average Bonchev–Trinajstić information content (AvgIpc) is 2.72. The number of rotatable bonds is 9. The summed E-state index contributed by atoms with van der Waals surface area (Å²) in [5, 5.41) is 3.80. The summed E-state index contributed by atoms with van der Waals surface area (Å²) in [4.78, 5) is 15.7. The Morgan fingerprint density at radius 2 is 1.94 bits per heavy atom. The smallest absolute Gasteiger partial charge is 0.338 e. The third-order valence-electron chi connectivity index (χ3n) is 4.58. The van der Waals surface area contributed by atoms with E-state index < -0.39 is 40.4 Å². The molecule has 11 heteroatoms. The van der Waals surface area contributed by atoms with Crippen LogP contribution in [-0.2, 0) is 18.9 Å². The minimum atomic E-state index is -1.93. The van der Waals surface area contributed by atoms with Crippen molar-refractivity contribution in [1.29, 1.82) is 0 Å². The van der Waals surface area contributed by atoms with Crippen molar-refractivity contribution in [2.45, 2.75) is 61.1 Å². The van der Waals surface area contributed by atoms with Crippen molar-refractivity contribution in [1.82, 2.24) is 0 Å². The Kier molecular flexibility index (Phi) is 9.75. The van der Waals surface area contributed by atoms with Gasteiger partial charge in [-0.25, -0.2) is 4.79 Å². The van der Waals surface area contributed by atoms with Crippen LogP contribution in [0.3, 0.4) is 0 Å².